The van der Waals surface area contributed by atoms with Crippen LogP contribution in [0.25, 0.3) is 0 Å². The molecule has 1 fully saturated rings. The van der Waals surface area contributed by atoms with Crippen LogP contribution in [0.1, 0.15) is 96.0 Å². The van der Waals surface area contributed by atoms with Crippen molar-refractivity contribution >= 4 is 43.7 Å². The number of phenolic OH excluding ortho intramolecular Hbond substituents is 1. The molecule has 0 spiro atoms. The summed E-state index contributed by atoms with van der Waals surface area (Å²) in [6.45, 7) is 2.42. The molecule has 1 heterocycles. The fourth-order valence-corrected chi connectivity index (χ4v) is 4.83. The number of aromatic hydroxyl groups is 1. The standard InChI is InChI=1S/C26H37Br2NO4/c1-2-3-4-5-6-7-8-9-10-11-12-13-14-15-23(31)29-17-16-26(33,25(29)32)20-18-21(27)24(28)22(30)19-20/h7-8,18-19,30,33H,2-6,9-17H2,1H3/b8-7-. The van der Waals surface area contributed by atoms with Gasteiger partial charge < -0.3 is 10.2 Å². The number of benzene rings is 1. The fourth-order valence-electron chi connectivity index (χ4n) is 4.15. The molecule has 1 aromatic carbocycles. The van der Waals surface area contributed by atoms with E-state index < -0.39 is 11.5 Å². The van der Waals surface area contributed by atoms with Crippen LogP contribution in [0, 0.1) is 0 Å². The topological polar surface area (TPSA) is 77.8 Å². The number of halogens is 2. The van der Waals surface area contributed by atoms with E-state index in [1.807, 2.05) is 0 Å². The first-order valence-electron chi connectivity index (χ1n) is 12.2. The maximum absolute atomic E-state index is 12.9. The summed E-state index contributed by atoms with van der Waals surface area (Å²) in [7, 11) is 0. The number of hydrogen-bond donors (Lipinski definition) is 2. The molecule has 5 nitrogen and oxygen atoms in total. The highest BCUT2D eigenvalue weighted by Gasteiger charge is 2.48. The van der Waals surface area contributed by atoms with Crippen LogP contribution >= 0.6 is 31.9 Å². The van der Waals surface area contributed by atoms with Crippen molar-refractivity contribution in [3.05, 3.63) is 38.8 Å². The summed E-state index contributed by atoms with van der Waals surface area (Å²) in [5, 5.41) is 21.0. The molecule has 2 N–H and O–H groups in total. The van der Waals surface area contributed by atoms with Gasteiger partial charge in [0.2, 0.25) is 5.91 Å². The van der Waals surface area contributed by atoms with Crippen LogP contribution in [0.2, 0.25) is 0 Å². The van der Waals surface area contributed by atoms with E-state index in [1.54, 1.807) is 6.07 Å². The van der Waals surface area contributed by atoms with E-state index >= 15 is 0 Å². The van der Waals surface area contributed by atoms with Gasteiger partial charge in [-0.05, 0) is 81.7 Å². The van der Waals surface area contributed by atoms with Crippen LogP contribution in [0.3, 0.4) is 0 Å². The third-order valence-corrected chi connectivity index (χ3v) is 8.23. The van der Waals surface area contributed by atoms with Gasteiger partial charge >= 0.3 is 0 Å². The number of unbranched alkanes of at least 4 members (excludes halogenated alkanes) is 9. The minimum Gasteiger partial charge on any atom is -0.507 e. The number of nitrogens with zero attached hydrogens (tertiary/aromatic N) is 1. The number of likely N-dealkylation sites (tertiary alicyclic amines) is 1. The number of rotatable bonds is 14. The number of hydrogen-bond acceptors (Lipinski definition) is 4. The molecule has 0 bridgehead atoms. The number of amides is 2. The second-order valence-electron chi connectivity index (χ2n) is 8.88. The van der Waals surface area contributed by atoms with Gasteiger partial charge in [0.25, 0.3) is 5.91 Å². The number of aliphatic hydroxyl groups is 1. The van der Waals surface area contributed by atoms with Crippen molar-refractivity contribution in [3.8, 4) is 5.75 Å². The van der Waals surface area contributed by atoms with E-state index in [0.717, 1.165) is 37.0 Å². The van der Waals surface area contributed by atoms with Gasteiger partial charge in [0.1, 0.15) is 5.75 Å². The Morgan fingerprint density at radius 2 is 1.64 bits per heavy atom. The average molecular weight is 587 g/mol. The smallest absolute Gasteiger partial charge is 0.265 e. The molecule has 0 saturated carbocycles. The summed E-state index contributed by atoms with van der Waals surface area (Å²) in [6.07, 6.45) is 17.7. The number of carbonyl (C=O) groups excluding carboxylic acids is 2. The van der Waals surface area contributed by atoms with E-state index in [2.05, 4.69) is 50.9 Å². The van der Waals surface area contributed by atoms with Gasteiger partial charge in [-0.3, -0.25) is 14.5 Å². The van der Waals surface area contributed by atoms with Gasteiger partial charge in [0.15, 0.2) is 5.60 Å². The zero-order chi connectivity index (χ0) is 24.3. The Balaban J connectivity index is 1.66. The van der Waals surface area contributed by atoms with Crippen LogP contribution in [-0.2, 0) is 15.2 Å². The maximum atomic E-state index is 12.9. The molecule has 1 aliphatic rings. The predicted molar refractivity (Wildman–Crippen MR) is 139 cm³/mol. The highest BCUT2D eigenvalue weighted by Crippen LogP contribution is 2.40. The third kappa shape index (κ3) is 8.22. The van der Waals surface area contributed by atoms with E-state index in [-0.39, 0.29) is 30.2 Å². The lowest BCUT2D eigenvalue weighted by Crippen LogP contribution is -2.40. The molecular weight excluding hydrogens is 550 g/mol. The molecule has 0 aliphatic carbocycles. The first-order valence-corrected chi connectivity index (χ1v) is 13.8. The molecule has 0 aromatic heterocycles. The third-order valence-electron chi connectivity index (χ3n) is 6.24. The molecule has 1 unspecified atom stereocenters. The minimum absolute atomic E-state index is 0.0761. The Labute approximate surface area is 214 Å². The zero-order valence-electron chi connectivity index (χ0n) is 19.6. The first-order chi connectivity index (χ1) is 15.8. The molecular formula is C26H37Br2NO4. The van der Waals surface area contributed by atoms with Crippen molar-refractivity contribution in [2.24, 2.45) is 0 Å². The largest absolute Gasteiger partial charge is 0.507 e. The van der Waals surface area contributed by atoms with Gasteiger partial charge in [-0.15, -0.1) is 0 Å². The Kier molecular flexibility index (Phi) is 12.1. The zero-order valence-corrected chi connectivity index (χ0v) is 22.8. The molecule has 2 rings (SSSR count). The van der Waals surface area contributed by atoms with Crippen LogP contribution < -0.4 is 0 Å². The van der Waals surface area contributed by atoms with Crippen LogP contribution in [0.4, 0.5) is 0 Å². The first kappa shape index (κ1) is 28.1. The van der Waals surface area contributed by atoms with Crippen molar-refractivity contribution in [2.75, 3.05) is 6.54 Å². The Bertz CT molecular complexity index is 804. The van der Waals surface area contributed by atoms with Crippen molar-refractivity contribution in [3.63, 3.8) is 0 Å². The van der Waals surface area contributed by atoms with Crippen molar-refractivity contribution in [1.82, 2.24) is 4.90 Å². The molecule has 1 aliphatic heterocycles. The van der Waals surface area contributed by atoms with Crippen molar-refractivity contribution in [1.29, 1.82) is 0 Å². The molecule has 2 amide bonds. The number of phenols is 1. The highest BCUT2D eigenvalue weighted by molar-refractivity contribution is 9.13. The molecule has 1 atom stereocenters. The van der Waals surface area contributed by atoms with E-state index in [4.69, 9.17) is 0 Å². The molecule has 1 aromatic rings. The van der Waals surface area contributed by atoms with Gasteiger partial charge in [0.05, 0.1) is 4.47 Å². The summed E-state index contributed by atoms with van der Waals surface area (Å²) in [4.78, 5) is 26.6. The van der Waals surface area contributed by atoms with Gasteiger partial charge in [-0.1, -0.05) is 57.6 Å². The molecule has 0 radical (unpaired) electrons. The highest BCUT2D eigenvalue weighted by atomic mass is 79.9. The second-order valence-corrected chi connectivity index (χ2v) is 10.5. The second kappa shape index (κ2) is 14.3. The number of allylic oxidation sites excluding steroid dienone is 2. The minimum atomic E-state index is -1.79. The number of imide groups is 1. The average Bonchev–Trinajstić information content (AvgIpc) is 3.10. The van der Waals surface area contributed by atoms with Gasteiger partial charge in [-0.25, -0.2) is 0 Å². The van der Waals surface area contributed by atoms with E-state index in [9.17, 15) is 19.8 Å². The molecule has 33 heavy (non-hydrogen) atoms. The monoisotopic (exact) mass is 585 g/mol. The summed E-state index contributed by atoms with van der Waals surface area (Å²) in [6, 6.07) is 2.96. The maximum Gasteiger partial charge on any atom is 0.265 e. The van der Waals surface area contributed by atoms with E-state index in [0.29, 0.717) is 15.4 Å². The fraction of sp³-hybridized carbons (Fsp3) is 0.615. The Morgan fingerprint density at radius 1 is 1.03 bits per heavy atom. The van der Waals surface area contributed by atoms with Gasteiger partial charge in [-0.2, -0.15) is 0 Å². The van der Waals surface area contributed by atoms with Crippen LogP contribution in [0.15, 0.2) is 33.2 Å². The molecule has 1 saturated heterocycles. The summed E-state index contributed by atoms with van der Waals surface area (Å²) in [5.74, 6) is -0.919. The predicted octanol–water partition coefficient (Wildman–Crippen LogP) is 7.12. The van der Waals surface area contributed by atoms with Gasteiger partial charge in [0, 0.05) is 23.9 Å². The summed E-state index contributed by atoms with van der Waals surface area (Å²) >= 11 is 6.53. The van der Waals surface area contributed by atoms with Crippen molar-refractivity contribution < 1.29 is 19.8 Å². The lowest BCUT2D eigenvalue weighted by Gasteiger charge is -2.23. The quantitative estimate of drug-likeness (QED) is 0.180. The SMILES string of the molecule is CCCCCC/C=C\CCCCCCCC(=O)N1CCC(O)(c2cc(O)c(Br)c(Br)c2)C1=O. The molecule has 7 heteroatoms. The van der Waals surface area contributed by atoms with E-state index in [1.165, 1.54) is 44.6 Å². The Hall–Kier alpha value is -1.18. The normalized spacial score (nSPS) is 18.5. The summed E-state index contributed by atoms with van der Waals surface area (Å²) in [5.41, 5.74) is -1.51. The number of carbonyl (C=O) groups is 2. The van der Waals surface area contributed by atoms with Crippen molar-refractivity contribution in [2.45, 2.75) is 96.0 Å². The lowest BCUT2D eigenvalue weighted by molar-refractivity contribution is -0.151. The Morgan fingerprint density at radius 3 is 2.27 bits per heavy atom. The lowest BCUT2D eigenvalue weighted by atomic mass is 9.92. The summed E-state index contributed by atoms with van der Waals surface area (Å²) < 4.78 is 0.984. The van der Waals surface area contributed by atoms with Crippen LogP contribution in [-0.4, -0.2) is 33.5 Å². The van der Waals surface area contributed by atoms with Crippen LogP contribution in [0.5, 0.6) is 5.75 Å². The molecule has 184 valence electrons.